The van der Waals surface area contributed by atoms with Gasteiger partial charge in [0.05, 0.1) is 5.69 Å². The first-order valence-corrected chi connectivity index (χ1v) is 7.46. The van der Waals surface area contributed by atoms with Crippen LogP contribution in [-0.4, -0.2) is 9.97 Å². The topological polar surface area (TPSA) is 51.8 Å². The summed E-state index contributed by atoms with van der Waals surface area (Å²) in [6.07, 6.45) is 8.52. The lowest BCUT2D eigenvalue weighted by Gasteiger charge is -2.22. The molecule has 1 heterocycles. The highest BCUT2D eigenvalue weighted by atomic mass is 14.9. The van der Waals surface area contributed by atoms with Gasteiger partial charge in [-0.3, -0.25) is 0 Å². The number of nitrogens with zero attached hydrogens (tertiary/aromatic N) is 2. The van der Waals surface area contributed by atoms with Gasteiger partial charge in [-0.05, 0) is 36.2 Å². The number of rotatable bonds is 2. The van der Waals surface area contributed by atoms with Crippen molar-refractivity contribution >= 4 is 5.82 Å². The summed E-state index contributed by atoms with van der Waals surface area (Å²) in [5.41, 5.74) is 9.77. The second-order valence-corrected chi connectivity index (χ2v) is 6.21. The quantitative estimate of drug-likeness (QED) is 0.903. The van der Waals surface area contributed by atoms with Crippen molar-refractivity contribution in [1.82, 2.24) is 9.97 Å². The lowest BCUT2D eigenvalue weighted by atomic mass is 9.82. The molecule has 0 saturated heterocycles. The number of nitrogens with two attached hydrogens (primary N) is 1. The zero-order valence-corrected chi connectivity index (χ0v) is 11.5. The van der Waals surface area contributed by atoms with Crippen molar-refractivity contribution in [3.05, 3.63) is 42.2 Å². The van der Waals surface area contributed by atoms with Crippen molar-refractivity contribution in [3.63, 3.8) is 0 Å². The molecule has 3 nitrogen and oxygen atoms in total. The summed E-state index contributed by atoms with van der Waals surface area (Å²) in [5.74, 6) is 1.46. The minimum Gasteiger partial charge on any atom is -0.384 e. The van der Waals surface area contributed by atoms with E-state index in [1.165, 1.54) is 44.0 Å². The van der Waals surface area contributed by atoms with Crippen LogP contribution in [0.5, 0.6) is 0 Å². The Bertz CT molecular complexity index is 635. The molecule has 2 fully saturated rings. The molecule has 3 heteroatoms. The summed E-state index contributed by atoms with van der Waals surface area (Å²) in [5, 5.41) is 0. The minimum absolute atomic E-state index is 0.515. The van der Waals surface area contributed by atoms with Crippen LogP contribution in [0.3, 0.4) is 0 Å². The first-order valence-electron chi connectivity index (χ1n) is 7.46. The maximum absolute atomic E-state index is 5.72. The van der Waals surface area contributed by atoms with E-state index >= 15 is 0 Å². The lowest BCUT2D eigenvalue weighted by molar-refractivity contribution is 0.428. The maximum Gasteiger partial charge on any atom is 0.127 e. The van der Waals surface area contributed by atoms with Crippen LogP contribution >= 0.6 is 0 Å². The third kappa shape index (κ3) is 1.80. The van der Waals surface area contributed by atoms with Gasteiger partial charge in [-0.1, -0.05) is 37.1 Å². The molecule has 102 valence electrons. The number of anilines is 1. The second kappa shape index (κ2) is 4.30. The fourth-order valence-electron chi connectivity index (χ4n) is 3.90. The van der Waals surface area contributed by atoms with Crippen LogP contribution in [0.15, 0.2) is 36.7 Å². The smallest absolute Gasteiger partial charge is 0.127 e. The molecule has 2 N–H and O–H groups in total. The average Bonchev–Trinajstić information content (AvgIpc) is 3.23. The third-order valence-electron chi connectivity index (χ3n) is 5.10. The summed E-state index contributed by atoms with van der Waals surface area (Å²) in [6.45, 7) is 0. The largest absolute Gasteiger partial charge is 0.384 e. The lowest BCUT2D eigenvalue weighted by Crippen LogP contribution is -2.13. The zero-order valence-electron chi connectivity index (χ0n) is 11.5. The predicted octanol–water partition coefficient (Wildman–Crippen LogP) is 3.56. The number of hydrogen-bond acceptors (Lipinski definition) is 3. The molecule has 2 atom stereocenters. The molecular formula is C17H19N3. The van der Waals surface area contributed by atoms with Crippen molar-refractivity contribution in [3.8, 4) is 11.3 Å². The summed E-state index contributed by atoms with van der Waals surface area (Å²) in [4.78, 5) is 8.23. The minimum atomic E-state index is 0.515. The van der Waals surface area contributed by atoms with E-state index < -0.39 is 0 Å². The number of aromatic nitrogens is 2. The number of nitrogen functional groups attached to an aromatic ring is 1. The van der Waals surface area contributed by atoms with Gasteiger partial charge in [0.15, 0.2) is 0 Å². The van der Waals surface area contributed by atoms with Crippen LogP contribution in [0, 0.1) is 5.92 Å². The second-order valence-electron chi connectivity index (χ2n) is 6.21. The van der Waals surface area contributed by atoms with Gasteiger partial charge < -0.3 is 5.73 Å². The van der Waals surface area contributed by atoms with Crippen molar-refractivity contribution in [1.29, 1.82) is 0 Å². The first kappa shape index (κ1) is 11.9. The number of hydrogen-bond donors (Lipinski definition) is 1. The van der Waals surface area contributed by atoms with Crippen LogP contribution in [0.25, 0.3) is 11.3 Å². The number of benzene rings is 1. The molecular weight excluding hydrogens is 246 g/mol. The summed E-state index contributed by atoms with van der Waals surface area (Å²) >= 11 is 0. The van der Waals surface area contributed by atoms with Crippen molar-refractivity contribution in [2.75, 3.05) is 5.73 Å². The van der Waals surface area contributed by atoms with E-state index in [2.05, 4.69) is 34.2 Å². The Morgan fingerprint density at radius 1 is 1.10 bits per heavy atom. The number of fused-ring (bicyclic) bond motifs is 1. The van der Waals surface area contributed by atoms with E-state index in [0.29, 0.717) is 11.2 Å². The van der Waals surface area contributed by atoms with Gasteiger partial charge in [-0.2, -0.15) is 0 Å². The Morgan fingerprint density at radius 3 is 2.70 bits per heavy atom. The molecule has 0 amide bonds. The Labute approximate surface area is 119 Å². The van der Waals surface area contributed by atoms with Crippen LogP contribution < -0.4 is 5.73 Å². The van der Waals surface area contributed by atoms with Gasteiger partial charge in [-0.25, -0.2) is 9.97 Å². The van der Waals surface area contributed by atoms with Gasteiger partial charge in [0, 0.05) is 11.6 Å². The fourth-order valence-corrected chi connectivity index (χ4v) is 3.90. The van der Waals surface area contributed by atoms with E-state index in [-0.39, 0.29) is 0 Å². The molecule has 2 aliphatic rings. The Morgan fingerprint density at radius 2 is 1.95 bits per heavy atom. The van der Waals surface area contributed by atoms with Gasteiger partial charge in [-0.15, -0.1) is 0 Å². The molecule has 2 saturated carbocycles. The molecule has 0 radical (unpaired) electrons. The average molecular weight is 265 g/mol. The zero-order chi connectivity index (χ0) is 13.6. The Hall–Kier alpha value is -1.90. The molecule has 2 unspecified atom stereocenters. The highest BCUT2D eigenvalue weighted by molar-refractivity contribution is 5.62. The standard InChI is InChI=1S/C17H19N3/c18-16-9-15(19-11-20-16)12-4-6-13(7-5-12)17-8-2-1-3-14(17)10-17/h4-7,9,11,14H,1-3,8,10H2,(H2,18,19,20). The molecule has 0 aliphatic heterocycles. The maximum atomic E-state index is 5.72. The van der Waals surface area contributed by atoms with E-state index in [4.69, 9.17) is 5.73 Å². The van der Waals surface area contributed by atoms with Gasteiger partial charge in [0.25, 0.3) is 0 Å². The van der Waals surface area contributed by atoms with Crippen LogP contribution in [-0.2, 0) is 5.41 Å². The monoisotopic (exact) mass is 265 g/mol. The first-order chi connectivity index (χ1) is 9.78. The molecule has 2 aromatic rings. The summed E-state index contributed by atoms with van der Waals surface area (Å²) < 4.78 is 0. The molecule has 2 aliphatic carbocycles. The SMILES string of the molecule is Nc1cc(-c2ccc(C34CCCCC3C4)cc2)ncn1. The van der Waals surface area contributed by atoms with Crippen molar-refractivity contribution < 1.29 is 0 Å². The van der Waals surface area contributed by atoms with Gasteiger partial charge in [0.1, 0.15) is 12.1 Å². The van der Waals surface area contributed by atoms with Crippen LogP contribution in [0.4, 0.5) is 5.82 Å². The van der Waals surface area contributed by atoms with Gasteiger partial charge >= 0.3 is 0 Å². The molecule has 0 spiro atoms. The fraction of sp³-hybridized carbons (Fsp3) is 0.412. The van der Waals surface area contributed by atoms with Crippen LogP contribution in [0.1, 0.15) is 37.7 Å². The normalized spacial score (nSPS) is 27.9. The summed E-state index contributed by atoms with van der Waals surface area (Å²) in [7, 11) is 0. The molecule has 0 bridgehead atoms. The Kier molecular flexibility index (Phi) is 2.56. The molecule has 20 heavy (non-hydrogen) atoms. The van der Waals surface area contributed by atoms with Gasteiger partial charge in [0.2, 0.25) is 0 Å². The van der Waals surface area contributed by atoms with Crippen molar-refractivity contribution in [2.45, 2.75) is 37.5 Å². The highest BCUT2D eigenvalue weighted by Crippen LogP contribution is 2.62. The molecule has 4 rings (SSSR count). The third-order valence-corrected chi connectivity index (χ3v) is 5.10. The van der Waals surface area contributed by atoms with Crippen LogP contribution in [0.2, 0.25) is 0 Å². The highest BCUT2D eigenvalue weighted by Gasteiger charge is 2.55. The molecule has 1 aromatic heterocycles. The predicted molar refractivity (Wildman–Crippen MR) is 80.1 cm³/mol. The van der Waals surface area contributed by atoms with E-state index in [0.717, 1.165) is 17.2 Å². The van der Waals surface area contributed by atoms with Crippen molar-refractivity contribution in [2.24, 2.45) is 5.92 Å². The Balaban J connectivity index is 1.64. The van der Waals surface area contributed by atoms with E-state index in [1.807, 2.05) is 6.07 Å². The molecule has 1 aromatic carbocycles. The van der Waals surface area contributed by atoms with E-state index in [1.54, 1.807) is 0 Å². The van der Waals surface area contributed by atoms with E-state index in [9.17, 15) is 0 Å². The summed E-state index contributed by atoms with van der Waals surface area (Å²) in [6, 6.07) is 10.8.